The lowest BCUT2D eigenvalue weighted by molar-refractivity contribution is 0.163. The zero-order valence-corrected chi connectivity index (χ0v) is 12.4. The molecule has 0 aliphatic heterocycles. The van der Waals surface area contributed by atoms with Gasteiger partial charge in [-0.2, -0.15) is 0 Å². The quantitative estimate of drug-likeness (QED) is 0.653. The Balaban J connectivity index is 1.81. The maximum atomic E-state index is 4.07. The highest BCUT2D eigenvalue weighted by molar-refractivity contribution is 4.91. The van der Waals surface area contributed by atoms with Gasteiger partial charge in [-0.15, -0.1) is 6.58 Å². The summed E-state index contributed by atoms with van der Waals surface area (Å²) in [5.74, 6) is 2.89. The summed E-state index contributed by atoms with van der Waals surface area (Å²) in [6, 6.07) is 0.871. The second kappa shape index (κ2) is 6.75. The van der Waals surface area contributed by atoms with Crippen molar-refractivity contribution < 1.29 is 0 Å². The van der Waals surface area contributed by atoms with Gasteiger partial charge in [0.1, 0.15) is 0 Å². The van der Waals surface area contributed by atoms with Crippen molar-refractivity contribution in [1.29, 1.82) is 0 Å². The molecule has 2 fully saturated rings. The van der Waals surface area contributed by atoms with Gasteiger partial charge in [0.25, 0.3) is 0 Å². The molecule has 0 amide bonds. The molecular weight excluding hydrogens is 218 g/mol. The molecule has 104 valence electrons. The average molecular weight is 249 g/mol. The maximum Gasteiger partial charge on any atom is 0.00683 e. The van der Waals surface area contributed by atoms with Gasteiger partial charge >= 0.3 is 0 Å². The van der Waals surface area contributed by atoms with Crippen LogP contribution in [0.3, 0.4) is 0 Å². The molecule has 1 N–H and O–H groups in total. The van der Waals surface area contributed by atoms with E-state index in [2.05, 4.69) is 25.7 Å². The second-order valence-electron chi connectivity index (χ2n) is 6.79. The van der Waals surface area contributed by atoms with Gasteiger partial charge in [0.05, 0.1) is 0 Å². The molecule has 3 atom stereocenters. The average Bonchev–Trinajstić information content (AvgIpc) is 3.18. The third kappa shape index (κ3) is 4.42. The number of nitrogens with one attached hydrogen (secondary N) is 1. The smallest absolute Gasteiger partial charge is 0.00683 e. The van der Waals surface area contributed by atoms with E-state index in [1.807, 2.05) is 0 Å². The molecule has 2 rings (SSSR count). The van der Waals surface area contributed by atoms with Crippen molar-refractivity contribution in [2.75, 3.05) is 6.54 Å². The molecule has 3 unspecified atom stereocenters. The number of hydrogen-bond acceptors (Lipinski definition) is 1. The van der Waals surface area contributed by atoms with Crippen molar-refractivity contribution in [1.82, 2.24) is 5.32 Å². The molecule has 0 heterocycles. The Morgan fingerprint density at radius 1 is 1.17 bits per heavy atom. The summed E-state index contributed by atoms with van der Waals surface area (Å²) in [5.41, 5.74) is 1.36. The standard InChI is InChI=1S/C17H31N/c1-4-14-6-8-16(12-18-17-9-10-17)15(11-14)7-5-13(2)3/h14-18H,2,4-12H2,1,3H3. The fourth-order valence-electron chi connectivity index (χ4n) is 3.45. The van der Waals surface area contributed by atoms with E-state index in [0.29, 0.717) is 0 Å². The van der Waals surface area contributed by atoms with Gasteiger partial charge in [-0.3, -0.25) is 0 Å². The maximum absolute atomic E-state index is 4.07. The minimum atomic E-state index is 0.871. The molecule has 0 saturated heterocycles. The zero-order chi connectivity index (χ0) is 13.0. The summed E-state index contributed by atoms with van der Waals surface area (Å²) in [7, 11) is 0. The van der Waals surface area contributed by atoms with E-state index in [1.54, 1.807) is 0 Å². The molecule has 0 spiro atoms. The topological polar surface area (TPSA) is 12.0 Å². The van der Waals surface area contributed by atoms with Crippen LogP contribution in [-0.2, 0) is 0 Å². The van der Waals surface area contributed by atoms with Gasteiger partial charge < -0.3 is 5.32 Å². The first-order valence-corrected chi connectivity index (χ1v) is 8.06. The first kappa shape index (κ1) is 14.1. The van der Waals surface area contributed by atoms with E-state index in [-0.39, 0.29) is 0 Å². The van der Waals surface area contributed by atoms with Crippen molar-refractivity contribution in [3.05, 3.63) is 12.2 Å². The third-order valence-corrected chi connectivity index (χ3v) is 5.01. The van der Waals surface area contributed by atoms with Crippen LogP contribution in [0.15, 0.2) is 12.2 Å². The first-order chi connectivity index (χ1) is 8.69. The van der Waals surface area contributed by atoms with E-state index in [0.717, 1.165) is 23.8 Å². The summed E-state index contributed by atoms with van der Waals surface area (Å²) in [6.45, 7) is 9.89. The Morgan fingerprint density at radius 2 is 1.94 bits per heavy atom. The zero-order valence-electron chi connectivity index (χ0n) is 12.4. The minimum absolute atomic E-state index is 0.871. The number of hydrogen-bond donors (Lipinski definition) is 1. The van der Waals surface area contributed by atoms with Crippen LogP contribution in [0.1, 0.15) is 65.2 Å². The molecular formula is C17H31N. The minimum Gasteiger partial charge on any atom is -0.314 e. The van der Waals surface area contributed by atoms with Crippen LogP contribution in [0.25, 0.3) is 0 Å². The van der Waals surface area contributed by atoms with Crippen LogP contribution in [0, 0.1) is 17.8 Å². The van der Waals surface area contributed by atoms with Gasteiger partial charge in [-0.25, -0.2) is 0 Å². The highest BCUT2D eigenvalue weighted by atomic mass is 14.9. The van der Waals surface area contributed by atoms with Crippen molar-refractivity contribution in [2.24, 2.45) is 17.8 Å². The molecule has 0 bridgehead atoms. The predicted octanol–water partition coefficient (Wildman–Crippen LogP) is 4.54. The number of rotatable bonds is 7. The largest absolute Gasteiger partial charge is 0.314 e. The van der Waals surface area contributed by atoms with Crippen LogP contribution in [0.4, 0.5) is 0 Å². The molecule has 2 aliphatic carbocycles. The highest BCUT2D eigenvalue weighted by Crippen LogP contribution is 2.38. The van der Waals surface area contributed by atoms with E-state index in [1.165, 1.54) is 63.5 Å². The van der Waals surface area contributed by atoms with Gasteiger partial charge in [-0.05, 0) is 69.7 Å². The molecule has 2 aliphatic rings. The van der Waals surface area contributed by atoms with Crippen LogP contribution >= 0.6 is 0 Å². The van der Waals surface area contributed by atoms with Crippen LogP contribution in [-0.4, -0.2) is 12.6 Å². The lowest BCUT2D eigenvalue weighted by Gasteiger charge is -2.36. The van der Waals surface area contributed by atoms with Crippen LogP contribution in [0.5, 0.6) is 0 Å². The van der Waals surface area contributed by atoms with Crippen molar-refractivity contribution in [3.63, 3.8) is 0 Å². The fourth-order valence-corrected chi connectivity index (χ4v) is 3.45. The van der Waals surface area contributed by atoms with E-state index < -0.39 is 0 Å². The summed E-state index contributed by atoms with van der Waals surface area (Å²) in [5, 5.41) is 3.75. The van der Waals surface area contributed by atoms with Crippen LogP contribution in [0.2, 0.25) is 0 Å². The molecule has 1 heteroatoms. The summed E-state index contributed by atoms with van der Waals surface area (Å²) in [6.07, 6.45) is 11.2. The predicted molar refractivity (Wildman–Crippen MR) is 79.7 cm³/mol. The van der Waals surface area contributed by atoms with Gasteiger partial charge in [0.15, 0.2) is 0 Å². The number of allylic oxidation sites excluding steroid dienone is 1. The van der Waals surface area contributed by atoms with Crippen LogP contribution < -0.4 is 5.32 Å². The molecule has 0 aromatic carbocycles. The Bertz CT molecular complexity index is 267. The summed E-state index contributed by atoms with van der Waals surface area (Å²) in [4.78, 5) is 0. The highest BCUT2D eigenvalue weighted by Gasteiger charge is 2.30. The molecule has 0 aromatic heterocycles. The van der Waals surface area contributed by atoms with E-state index in [9.17, 15) is 0 Å². The Morgan fingerprint density at radius 3 is 2.56 bits per heavy atom. The van der Waals surface area contributed by atoms with E-state index >= 15 is 0 Å². The molecule has 18 heavy (non-hydrogen) atoms. The van der Waals surface area contributed by atoms with Gasteiger partial charge in [-0.1, -0.05) is 25.3 Å². The Labute approximate surface area is 113 Å². The molecule has 0 radical (unpaired) electrons. The SMILES string of the molecule is C=C(C)CCC1CC(CC)CCC1CNC1CC1. The van der Waals surface area contributed by atoms with Crippen molar-refractivity contribution in [2.45, 2.75) is 71.3 Å². The lowest BCUT2D eigenvalue weighted by Crippen LogP contribution is -2.34. The lowest BCUT2D eigenvalue weighted by atomic mass is 9.71. The first-order valence-electron chi connectivity index (χ1n) is 8.06. The normalized spacial score (nSPS) is 32.4. The Kier molecular flexibility index (Phi) is 5.29. The third-order valence-electron chi connectivity index (χ3n) is 5.01. The monoisotopic (exact) mass is 249 g/mol. The molecule has 2 saturated carbocycles. The van der Waals surface area contributed by atoms with E-state index in [4.69, 9.17) is 0 Å². The van der Waals surface area contributed by atoms with Gasteiger partial charge in [0.2, 0.25) is 0 Å². The molecule has 0 aromatic rings. The molecule has 1 nitrogen and oxygen atoms in total. The van der Waals surface area contributed by atoms with Crippen molar-refractivity contribution in [3.8, 4) is 0 Å². The van der Waals surface area contributed by atoms with Gasteiger partial charge in [0, 0.05) is 6.04 Å². The summed E-state index contributed by atoms with van der Waals surface area (Å²) >= 11 is 0. The summed E-state index contributed by atoms with van der Waals surface area (Å²) < 4.78 is 0. The second-order valence-corrected chi connectivity index (χ2v) is 6.79. The Hall–Kier alpha value is -0.300. The fraction of sp³-hybridized carbons (Fsp3) is 0.882. The van der Waals surface area contributed by atoms with Crippen molar-refractivity contribution >= 4 is 0 Å².